The molecule has 5 nitrogen and oxygen atoms in total. The minimum absolute atomic E-state index is 0.113. The number of carbonyl (C=O) groups is 1. The summed E-state index contributed by atoms with van der Waals surface area (Å²) in [5.41, 5.74) is 0.862. The lowest BCUT2D eigenvalue weighted by Crippen LogP contribution is -2.39. The van der Waals surface area contributed by atoms with E-state index in [0.29, 0.717) is 11.3 Å². The zero-order valence-electron chi connectivity index (χ0n) is 13.4. The Morgan fingerprint density at radius 2 is 1.68 bits per heavy atom. The summed E-state index contributed by atoms with van der Waals surface area (Å²) < 4.78 is 24.7. The quantitative estimate of drug-likeness (QED) is 0.855. The normalized spacial score (nSPS) is 16.3. The molecule has 1 aliphatic rings. The van der Waals surface area contributed by atoms with Gasteiger partial charge in [-0.3, -0.25) is 9.10 Å². The predicted octanol–water partition coefficient (Wildman–Crippen LogP) is 2.49. The molecule has 6 heteroatoms. The van der Waals surface area contributed by atoms with Crippen molar-refractivity contribution < 1.29 is 13.2 Å². The average molecular weight is 324 g/mol. The van der Waals surface area contributed by atoms with Gasteiger partial charge in [0, 0.05) is 20.1 Å². The number of para-hydroxylation sites is 1. The van der Waals surface area contributed by atoms with E-state index in [1.54, 1.807) is 29.2 Å². The minimum atomic E-state index is -3.40. The first-order chi connectivity index (χ1) is 10.3. The lowest BCUT2D eigenvalue weighted by atomic mass is 9.94. The lowest BCUT2D eigenvalue weighted by Gasteiger charge is -2.32. The third-order valence-corrected chi connectivity index (χ3v) is 5.61. The smallest absolute Gasteiger partial charge is 0.255 e. The van der Waals surface area contributed by atoms with Crippen molar-refractivity contribution in [2.24, 2.45) is 0 Å². The Kier molecular flexibility index (Phi) is 5.11. The van der Waals surface area contributed by atoms with Gasteiger partial charge in [-0.1, -0.05) is 31.4 Å². The molecule has 1 saturated carbocycles. The highest BCUT2D eigenvalue weighted by molar-refractivity contribution is 7.92. The number of sulfonamides is 1. The van der Waals surface area contributed by atoms with Crippen molar-refractivity contribution in [1.29, 1.82) is 0 Å². The Bertz CT molecular complexity index is 637. The molecule has 0 radical (unpaired) electrons. The van der Waals surface area contributed by atoms with Gasteiger partial charge in [-0.2, -0.15) is 0 Å². The van der Waals surface area contributed by atoms with E-state index in [0.717, 1.165) is 36.2 Å². The fraction of sp³-hybridized carbons (Fsp3) is 0.562. The third-order valence-electron chi connectivity index (χ3n) is 4.41. The molecular weight excluding hydrogens is 300 g/mol. The summed E-state index contributed by atoms with van der Waals surface area (Å²) >= 11 is 0. The number of anilines is 1. The summed E-state index contributed by atoms with van der Waals surface area (Å²) in [6.45, 7) is 0. The molecule has 122 valence electrons. The summed E-state index contributed by atoms with van der Waals surface area (Å²) in [6.07, 6.45) is 6.70. The fourth-order valence-electron chi connectivity index (χ4n) is 2.93. The second-order valence-electron chi connectivity index (χ2n) is 5.96. The first-order valence-electron chi connectivity index (χ1n) is 7.62. The molecule has 1 fully saturated rings. The van der Waals surface area contributed by atoms with E-state index in [-0.39, 0.29) is 11.9 Å². The van der Waals surface area contributed by atoms with Gasteiger partial charge in [0.2, 0.25) is 10.0 Å². The van der Waals surface area contributed by atoms with Gasteiger partial charge in [-0.25, -0.2) is 8.42 Å². The molecule has 1 aromatic rings. The summed E-state index contributed by atoms with van der Waals surface area (Å²) in [7, 11) is -0.111. The van der Waals surface area contributed by atoms with Crippen molar-refractivity contribution in [2.75, 3.05) is 24.7 Å². The first kappa shape index (κ1) is 16.8. The van der Waals surface area contributed by atoms with Gasteiger partial charge in [0.25, 0.3) is 5.91 Å². The largest absolute Gasteiger partial charge is 0.339 e. The Balaban J connectivity index is 2.30. The zero-order chi connectivity index (χ0) is 16.3. The number of hydrogen-bond acceptors (Lipinski definition) is 3. The Morgan fingerprint density at radius 3 is 2.27 bits per heavy atom. The standard InChI is InChI=1S/C16H24N2O3S/c1-17(13-9-5-4-6-10-13)16(19)14-11-7-8-12-15(14)18(2)22(3,20)21/h7-8,11-13H,4-6,9-10H2,1-3H3. The Labute approximate surface area is 133 Å². The van der Waals surface area contributed by atoms with Crippen LogP contribution in [-0.2, 0) is 10.0 Å². The monoisotopic (exact) mass is 324 g/mol. The average Bonchev–Trinajstić information content (AvgIpc) is 2.52. The van der Waals surface area contributed by atoms with Crippen molar-refractivity contribution in [3.05, 3.63) is 29.8 Å². The highest BCUT2D eigenvalue weighted by atomic mass is 32.2. The van der Waals surface area contributed by atoms with Crippen LogP contribution in [0.1, 0.15) is 42.5 Å². The van der Waals surface area contributed by atoms with Crippen LogP contribution in [0, 0.1) is 0 Å². The van der Waals surface area contributed by atoms with Gasteiger partial charge in [0.05, 0.1) is 17.5 Å². The second-order valence-corrected chi connectivity index (χ2v) is 7.97. The number of benzene rings is 1. The molecule has 2 rings (SSSR count). The van der Waals surface area contributed by atoms with Gasteiger partial charge in [0.15, 0.2) is 0 Å². The number of hydrogen-bond donors (Lipinski definition) is 0. The molecule has 1 amide bonds. The van der Waals surface area contributed by atoms with Gasteiger partial charge in [-0.05, 0) is 25.0 Å². The van der Waals surface area contributed by atoms with Crippen molar-refractivity contribution >= 4 is 21.6 Å². The van der Waals surface area contributed by atoms with Crippen LogP contribution in [0.25, 0.3) is 0 Å². The molecular formula is C16H24N2O3S. The molecule has 0 spiro atoms. The van der Waals surface area contributed by atoms with Crippen LogP contribution in [0.2, 0.25) is 0 Å². The topological polar surface area (TPSA) is 57.7 Å². The second kappa shape index (κ2) is 6.69. The van der Waals surface area contributed by atoms with Crippen molar-refractivity contribution in [3.8, 4) is 0 Å². The Morgan fingerprint density at radius 1 is 1.09 bits per heavy atom. The third kappa shape index (κ3) is 3.61. The van der Waals surface area contributed by atoms with Gasteiger partial charge in [0.1, 0.15) is 0 Å². The van der Waals surface area contributed by atoms with Crippen LogP contribution < -0.4 is 4.31 Å². The van der Waals surface area contributed by atoms with Gasteiger partial charge < -0.3 is 4.90 Å². The highest BCUT2D eigenvalue weighted by Gasteiger charge is 2.26. The molecule has 0 N–H and O–H groups in total. The predicted molar refractivity (Wildman–Crippen MR) is 88.7 cm³/mol. The molecule has 0 unspecified atom stereocenters. The molecule has 0 atom stereocenters. The summed E-state index contributed by atoms with van der Waals surface area (Å²) in [5, 5.41) is 0. The number of amides is 1. The molecule has 0 aromatic heterocycles. The van der Waals surface area contributed by atoms with E-state index >= 15 is 0 Å². The first-order valence-corrected chi connectivity index (χ1v) is 9.47. The van der Waals surface area contributed by atoms with E-state index in [9.17, 15) is 13.2 Å². The summed E-state index contributed by atoms with van der Waals surface area (Å²) in [4.78, 5) is 14.6. The number of carbonyl (C=O) groups excluding carboxylic acids is 1. The van der Waals surface area contributed by atoms with Crippen LogP contribution in [-0.4, -0.2) is 45.6 Å². The van der Waals surface area contributed by atoms with Gasteiger partial charge in [-0.15, -0.1) is 0 Å². The van der Waals surface area contributed by atoms with Crippen molar-refractivity contribution in [1.82, 2.24) is 4.90 Å². The van der Waals surface area contributed by atoms with E-state index < -0.39 is 10.0 Å². The van der Waals surface area contributed by atoms with Crippen LogP contribution in [0.5, 0.6) is 0 Å². The summed E-state index contributed by atoms with van der Waals surface area (Å²) in [5.74, 6) is -0.113. The highest BCUT2D eigenvalue weighted by Crippen LogP contribution is 2.26. The molecule has 0 saturated heterocycles. The zero-order valence-corrected chi connectivity index (χ0v) is 14.3. The number of rotatable bonds is 4. The van der Waals surface area contributed by atoms with E-state index in [1.165, 1.54) is 13.5 Å². The van der Waals surface area contributed by atoms with E-state index in [4.69, 9.17) is 0 Å². The molecule has 0 bridgehead atoms. The lowest BCUT2D eigenvalue weighted by molar-refractivity contribution is 0.0697. The molecule has 1 aromatic carbocycles. The maximum atomic E-state index is 12.8. The van der Waals surface area contributed by atoms with E-state index in [1.807, 2.05) is 7.05 Å². The SMILES string of the molecule is CN(C(=O)c1ccccc1N(C)S(C)(=O)=O)C1CCCCC1. The molecule has 0 aliphatic heterocycles. The maximum absolute atomic E-state index is 12.8. The van der Waals surface area contributed by atoms with Crippen LogP contribution in [0.3, 0.4) is 0 Å². The fourth-order valence-corrected chi connectivity index (χ4v) is 3.45. The van der Waals surface area contributed by atoms with E-state index in [2.05, 4.69) is 0 Å². The minimum Gasteiger partial charge on any atom is -0.339 e. The van der Waals surface area contributed by atoms with Crippen LogP contribution in [0.15, 0.2) is 24.3 Å². The molecule has 0 heterocycles. The van der Waals surface area contributed by atoms with Crippen molar-refractivity contribution in [2.45, 2.75) is 38.1 Å². The maximum Gasteiger partial charge on any atom is 0.255 e. The van der Waals surface area contributed by atoms with Gasteiger partial charge >= 0.3 is 0 Å². The molecule has 22 heavy (non-hydrogen) atoms. The molecule has 1 aliphatic carbocycles. The Hall–Kier alpha value is -1.56. The van der Waals surface area contributed by atoms with Crippen LogP contribution >= 0.6 is 0 Å². The summed E-state index contributed by atoms with van der Waals surface area (Å²) in [6, 6.07) is 7.12. The van der Waals surface area contributed by atoms with Crippen molar-refractivity contribution in [3.63, 3.8) is 0 Å². The van der Waals surface area contributed by atoms with Crippen LogP contribution in [0.4, 0.5) is 5.69 Å². The number of nitrogens with zero attached hydrogens (tertiary/aromatic N) is 2.